The van der Waals surface area contributed by atoms with Gasteiger partial charge in [0.25, 0.3) is 0 Å². The van der Waals surface area contributed by atoms with Gasteiger partial charge in [0.05, 0.1) is 0 Å². The third kappa shape index (κ3) is 4.27. The van der Waals surface area contributed by atoms with Gasteiger partial charge < -0.3 is 0 Å². The molecule has 0 spiro atoms. The average Bonchev–Trinajstić information content (AvgIpc) is 2.61. The molecule has 2 aliphatic carbocycles. The molecule has 0 aromatic rings. The fourth-order valence-corrected chi connectivity index (χ4v) is 4.95. The summed E-state index contributed by atoms with van der Waals surface area (Å²) in [4.78, 5) is 0. The maximum absolute atomic E-state index is 14.1. The molecule has 2 fully saturated rings. The Kier molecular flexibility index (Phi) is 6.96. The molecule has 0 saturated heterocycles. The van der Waals surface area contributed by atoms with Gasteiger partial charge in [-0.15, -0.1) is 0 Å². The van der Waals surface area contributed by atoms with E-state index in [1.807, 2.05) is 0 Å². The Hall–Kier alpha value is -0.630. The molecule has 0 nitrogen and oxygen atoms in total. The van der Waals surface area contributed by atoms with E-state index >= 15 is 0 Å². The lowest BCUT2D eigenvalue weighted by Crippen LogP contribution is -2.63. The second-order valence-electron chi connectivity index (χ2n) is 8.45. The van der Waals surface area contributed by atoms with E-state index < -0.39 is 42.7 Å². The summed E-state index contributed by atoms with van der Waals surface area (Å²) in [5, 5.41) is 0. The highest BCUT2D eigenvalue weighted by molar-refractivity contribution is 5.03. The highest BCUT2D eigenvalue weighted by Crippen LogP contribution is 2.57. The predicted molar refractivity (Wildman–Crippen MR) is 86.7 cm³/mol. The molecular weight excluding hydrogens is 399 g/mol. The average molecular weight is 426 g/mol. The quantitative estimate of drug-likeness (QED) is 0.379. The van der Waals surface area contributed by atoms with Crippen LogP contribution in [-0.4, -0.2) is 23.9 Å². The summed E-state index contributed by atoms with van der Waals surface area (Å²) in [5.74, 6) is -19.9. The van der Waals surface area contributed by atoms with Gasteiger partial charge in [-0.05, 0) is 56.3 Å². The van der Waals surface area contributed by atoms with Crippen LogP contribution in [0.4, 0.5) is 39.5 Å². The largest absolute Gasteiger partial charge is 0.460 e. The highest BCUT2D eigenvalue weighted by atomic mass is 19.4. The summed E-state index contributed by atoms with van der Waals surface area (Å²) in [6, 6.07) is 0. The number of halogens is 9. The van der Waals surface area contributed by atoms with E-state index in [4.69, 9.17) is 0 Å². The third-order valence-corrected chi connectivity index (χ3v) is 6.71. The van der Waals surface area contributed by atoms with Crippen molar-refractivity contribution in [3.63, 3.8) is 0 Å². The summed E-state index contributed by atoms with van der Waals surface area (Å²) in [5.41, 5.74) is 0. The van der Waals surface area contributed by atoms with Gasteiger partial charge >= 0.3 is 23.9 Å². The van der Waals surface area contributed by atoms with Crippen LogP contribution in [0.5, 0.6) is 0 Å². The summed E-state index contributed by atoms with van der Waals surface area (Å²) in [7, 11) is 0. The number of hydrogen-bond donors (Lipinski definition) is 0. The molecule has 28 heavy (non-hydrogen) atoms. The van der Waals surface area contributed by atoms with E-state index in [1.165, 1.54) is 0 Å². The van der Waals surface area contributed by atoms with E-state index in [-0.39, 0.29) is 18.8 Å². The normalized spacial score (nSPS) is 31.1. The Morgan fingerprint density at radius 1 is 0.607 bits per heavy atom. The van der Waals surface area contributed by atoms with Crippen molar-refractivity contribution in [3.8, 4) is 0 Å². The molecule has 0 amide bonds. The van der Waals surface area contributed by atoms with Gasteiger partial charge in [-0.3, -0.25) is 0 Å². The van der Waals surface area contributed by atoms with Crippen LogP contribution in [0.15, 0.2) is 0 Å². The molecule has 166 valence electrons. The molecule has 0 aromatic heterocycles. The van der Waals surface area contributed by atoms with E-state index in [0.717, 1.165) is 38.5 Å². The summed E-state index contributed by atoms with van der Waals surface area (Å²) >= 11 is 0. The Morgan fingerprint density at radius 3 is 1.43 bits per heavy atom. The van der Waals surface area contributed by atoms with Crippen LogP contribution in [0.3, 0.4) is 0 Å². The van der Waals surface area contributed by atoms with Crippen LogP contribution < -0.4 is 0 Å². The van der Waals surface area contributed by atoms with E-state index in [1.54, 1.807) is 0 Å². The smallest absolute Gasteiger partial charge is 0.199 e. The van der Waals surface area contributed by atoms with Gasteiger partial charge in [-0.25, -0.2) is 0 Å². The maximum atomic E-state index is 14.1. The van der Waals surface area contributed by atoms with Crippen LogP contribution in [-0.2, 0) is 0 Å². The molecule has 0 aromatic carbocycles. The summed E-state index contributed by atoms with van der Waals surface area (Å²) < 4.78 is 118. The molecule has 0 radical (unpaired) electrons. The first kappa shape index (κ1) is 23.6. The Labute approximate surface area is 159 Å². The van der Waals surface area contributed by atoms with Crippen LogP contribution >= 0.6 is 0 Å². The van der Waals surface area contributed by atoms with E-state index in [9.17, 15) is 39.5 Å². The van der Waals surface area contributed by atoms with Crippen LogP contribution in [0.25, 0.3) is 0 Å². The molecular formula is C19H27F9. The van der Waals surface area contributed by atoms with Crippen molar-refractivity contribution < 1.29 is 39.5 Å². The van der Waals surface area contributed by atoms with Crippen molar-refractivity contribution >= 4 is 0 Å². The second kappa shape index (κ2) is 8.25. The van der Waals surface area contributed by atoms with Crippen LogP contribution in [0.1, 0.15) is 71.1 Å². The third-order valence-electron chi connectivity index (χ3n) is 6.71. The van der Waals surface area contributed by atoms with Gasteiger partial charge in [0.15, 0.2) is 0 Å². The molecule has 0 unspecified atom stereocenters. The predicted octanol–water partition coefficient (Wildman–Crippen LogP) is 7.87. The minimum Gasteiger partial charge on any atom is -0.199 e. The lowest BCUT2D eigenvalue weighted by Gasteiger charge is -2.42. The fourth-order valence-electron chi connectivity index (χ4n) is 4.95. The molecule has 0 N–H and O–H groups in total. The van der Waals surface area contributed by atoms with Crippen molar-refractivity contribution in [3.05, 3.63) is 0 Å². The first-order valence-electron chi connectivity index (χ1n) is 9.95. The maximum Gasteiger partial charge on any atom is 0.460 e. The monoisotopic (exact) mass is 426 g/mol. The topological polar surface area (TPSA) is 0 Å². The van der Waals surface area contributed by atoms with Gasteiger partial charge in [0.2, 0.25) is 0 Å². The summed E-state index contributed by atoms with van der Waals surface area (Å²) in [6.07, 6.45) is -1.19. The SMILES string of the molecule is CCCC1CCC(C2CCC(C(F)(F)C(F)(F)C(F)(F)C(F)(F)F)CC2)CC1. The molecule has 2 rings (SSSR count). The number of alkyl halides is 9. The second-order valence-corrected chi connectivity index (χ2v) is 8.45. The van der Waals surface area contributed by atoms with Crippen molar-refractivity contribution in [2.45, 2.75) is 95.1 Å². The van der Waals surface area contributed by atoms with E-state index in [2.05, 4.69) is 6.92 Å². The zero-order valence-corrected chi connectivity index (χ0v) is 15.8. The Balaban J connectivity index is 1.98. The lowest BCUT2D eigenvalue weighted by atomic mass is 9.67. The number of hydrogen-bond acceptors (Lipinski definition) is 0. The standard InChI is InChI=1S/C19H27F9/c1-2-3-12-4-6-13(7-5-12)14-8-10-15(11-9-14)16(20,21)17(22,23)18(24,25)19(26,27)28/h12-15H,2-11H2,1H3. The number of rotatable bonds is 6. The van der Waals surface area contributed by atoms with Gasteiger partial charge in [-0.2, -0.15) is 39.5 Å². The van der Waals surface area contributed by atoms with E-state index in [0.29, 0.717) is 11.8 Å². The van der Waals surface area contributed by atoms with Crippen molar-refractivity contribution in [1.29, 1.82) is 0 Å². The minimum absolute atomic E-state index is 0.0476. The van der Waals surface area contributed by atoms with Crippen LogP contribution in [0.2, 0.25) is 0 Å². The van der Waals surface area contributed by atoms with Gasteiger partial charge in [0, 0.05) is 5.92 Å². The van der Waals surface area contributed by atoms with Crippen molar-refractivity contribution in [2.24, 2.45) is 23.7 Å². The molecule has 2 aliphatic rings. The lowest BCUT2D eigenvalue weighted by molar-refractivity contribution is -0.404. The van der Waals surface area contributed by atoms with Gasteiger partial charge in [-0.1, -0.05) is 32.6 Å². The van der Waals surface area contributed by atoms with Gasteiger partial charge in [0.1, 0.15) is 0 Å². The minimum atomic E-state index is -6.78. The molecule has 0 aliphatic heterocycles. The molecule has 9 heteroatoms. The first-order valence-corrected chi connectivity index (χ1v) is 9.95. The van der Waals surface area contributed by atoms with Crippen molar-refractivity contribution in [1.82, 2.24) is 0 Å². The highest BCUT2D eigenvalue weighted by Gasteiger charge is 2.82. The van der Waals surface area contributed by atoms with Crippen molar-refractivity contribution in [2.75, 3.05) is 0 Å². The molecule has 0 heterocycles. The zero-order valence-electron chi connectivity index (χ0n) is 15.8. The molecule has 2 saturated carbocycles. The Morgan fingerprint density at radius 2 is 1.04 bits per heavy atom. The molecule has 0 bridgehead atoms. The fraction of sp³-hybridized carbons (Fsp3) is 1.00. The summed E-state index contributed by atoms with van der Waals surface area (Å²) in [6.45, 7) is 2.10. The van der Waals surface area contributed by atoms with Crippen LogP contribution in [0, 0.1) is 23.7 Å². The Bertz CT molecular complexity index is 496. The first-order chi connectivity index (χ1) is 12.8. The zero-order chi connectivity index (χ0) is 21.4. The molecule has 0 atom stereocenters.